The van der Waals surface area contributed by atoms with Crippen molar-refractivity contribution in [3.05, 3.63) is 38.9 Å². The van der Waals surface area contributed by atoms with Crippen molar-refractivity contribution in [3.8, 4) is 6.07 Å². The maximum Gasteiger partial charge on any atom is 0.344 e. The fourth-order valence-corrected chi connectivity index (χ4v) is 1.40. The zero-order chi connectivity index (χ0) is 13.0. The minimum Gasteiger partial charge on any atom is -0.465 e. The monoisotopic (exact) mass is 235 g/mol. The van der Waals surface area contributed by atoms with E-state index in [-0.39, 0.29) is 23.2 Å². The van der Waals surface area contributed by atoms with Crippen LogP contribution >= 0.6 is 0 Å². The van der Waals surface area contributed by atoms with E-state index in [0.29, 0.717) is 0 Å². The number of esters is 1. The van der Waals surface area contributed by atoms with Crippen molar-refractivity contribution in [2.45, 2.75) is 6.54 Å². The van der Waals surface area contributed by atoms with Gasteiger partial charge in [0.1, 0.15) is 5.56 Å². The first kappa shape index (κ1) is 12.6. The molecule has 0 saturated heterocycles. The van der Waals surface area contributed by atoms with Gasteiger partial charge < -0.3 is 10.5 Å². The van der Waals surface area contributed by atoms with Crippen LogP contribution in [0.1, 0.15) is 21.5 Å². The number of rotatable bonds is 3. The zero-order valence-electron chi connectivity index (χ0n) is 8.97. The Morgan fingerprint density at radius 3 is 2.71 bits per heavy atom. The van der Waals surface area contributed by atoms with Crippen molar-refractivity contribution >= 4 is 11.7 Å². The van der Waals surface area contributed by atoms with Gasteiger partial charge >= 0.3 is 5.97 Å². The van der Waals surface area contributed by atoms with E-state index in [4.69, 9.17) is 11.0 Å². The minimum absolute atomic E-state index is 0.120. The number of carbonyl (C=O) groups is 1. The van der Waals surface area contributed by atoms with Crippen LogP contribution in [0.4, 0.5) is 5.69 Å². The van der Waals surface area contributed by atoms with Crippen LogP contribution in [0.3, 0.4) is 0 Å². The Balaban J connectivity index is 3.59. The van der Waals surface area contributed by atoms with Gasteiger partial charge in [-0.15, -0.1) is 0 Å². The number of benzene rings is 1. The molecule has 0 aliphatic rings. The molecule has 0 amide bonds. The number of nitrogens with two attached hydrogens (primary N) is 1. The van der Waals surface area contributed by atoms with E-state index < -0.39 is 16.6 Å². The summed E-state index contributed by atoms with van der Waals surface area (Å²) in [5, 5.41) is 19.6. The summed E-state index contributed by atoms with van der Waals surface area (Å²) in [6, 6.07) is 4.20. The number of nitro groups is 1. The van der Waals surface area contributed by atoms with Gasteiger partial charge in [0, 0.05) is 12.1 Å². The van der Waals surface area contributed by atoms with Gasteiger partial charge in [0.25, 0.3) is 5.69 Å². The van der Waals surface area contributed by atoms with Gasteiger partial charge in [-0.05, 0) is 12.1 Å². The molecule has 0 saturated carbocycles. The highest BCUT2D eigenvalue weighted by molar-refractivity contribution is 5.95. The normalized spacial score (nSPS) is 9.47. The molecule has 0 aliphatic heterocycles. The van der Waals surface area contributed by atoms with Crippen molar-refractivity contribution in [1.29, 1.82) is 5.26 Å². The quantitative estimate of drug-likeness (QED) is 0.468. The molecule has 0 spiro atoms. The summed E-state index contributed by atoms with van der Waals surface area (Å²) in [5.41, 5.74) is 4.91. The standard InChI is InChI=1S/C10H9N3O4/c1-17-10(14)8-3-6(4-11)2-7(5-12)9(8)13(15)16/h2-3H,5,12H2,1H3. The number of nitro benzene ring substituents is 1. The summed E-state index contributed by atoms with van der Waals surface area (Å²) >= 11 is 0. The number of hydrogen-bond donors (Lipinski definition) is 1. The van der Waals surface area contributed by atoms with Gasteiger partial charge in [0.15, 0.2) is 0 Å². The molecule has 7 heteroatoms. The SMILES string of the molecule is COC(=O)c1cc(C#N)cc(CN)c1[N+](=O)[O-]. The third-order valence-electron chi connectivity index (χ3n) is 2.13. The van der Waals surface area contributed by atoms with Crippen molar-refractivity contribution in [3.63, 3.8) is 0 Å². The predicted octanol–water partition coefficient (Wildman–Crippen LogP) is 0.712. The molecule has 0 bridgehead atoms. The summed E-state index contributed by atoms with van der Waals surface area (Å²) in [6.45, 7) is -0.143. The second-order valence-electron chi connectivity index (χ2n) is 3.10. The topological polar surface area (TPSA) is 119 Å². The van der Waals surface area contributed by atoms with Crippen molar-refractivity contribution in [1.82, 2.24) is 0 Å². The molecular weight excluding hydrogens is 226 g/mol. The third kappa shape index (κ3) is 2.38. The third-order valence-corrected chi connectivity index (χ3v) is 2.13. The Hall–Kier alpha value is -2.46. The van der Waals surface area contributed by atoms with Crippen molar-refractivity contribution in [2.75, 3.05) is 7.11 Å². The lowest BCUT2D eigenvalue weighted by Gasteiger charge is -2.05. The number of nitrogens with zero attached hydrogens (tertiary/aromatic N) is 2. The molecule has 2 N–H and O–H groups in total. The molecule has 0 unspecified atom stereocenters. The molecule has 0 atom stereocenters. The van der Waals surface area contributed by atoms with Gasteiger partial charge in [-0.2, -0.15) is 5.26 Å². The predicted molar refractivity (Wildman–Crippen MR) is 57.0 cm³/mol. The first-order valence-corrected chi connectivity index (χ1v) is 4.55. The Bertz CT molecular complexity index is 519. The lowest BCUT2D eigenvalue weighted by molar-refractivity contribution is -0.385. The van der Waals surface area contributed by atoms with Crippen LogP contribution < -0.4 is 5.73 Å². The Morgan fingerprint density at radius 1 is 1.65 bits per heavy atom. The van der Waals surface area contributed by atoms with Crippen molar-refractivity contribution < 1.29 is 14.5 Å². The Morgan fingerprint density at radius 2 is 2.29 bits per heavy atom. The first-order valence-electron chi connectivity index (χ1n) is 4.55. The summed E-state index contributed by atoms with van der Waals surface area (Å²) in [7, 11) is 1.10. The number of ether oxygens (including phenoxy) is 1. The molecule has 1 rings (SSSR count). The molecule has 7 nitrogen and oxygen atoms in total. The summed E-state index contributed by atoms with van der Waals surface area (Å²) < 4.78 is 4.43. The number of carbonyl (C=O) groups excluding carboxylic acids is 1. The highest BCUT2D eigenvalue weighted by atomic mass is 16.6. The fourth-order valence-electron chi connectivity index (χ4n) is 1.40. The average molecular weight is 235 g/mol. The van der Waals surface area contributed by atoms with Crippen molar-refractivity contribution in [2.24, 2.45) is 5.73 Å². The fraction of sp³-hybridized carbons (Fsp3) is 0.200. The molecule has 1 aromatic carbocycles. The minimum atomic E-state index is -0.872. The maximum atomic E-state index is 11.4. The summed E-state index contributed by atoms with van der Waals surface area (Å²) in [5.74, 6) is -0.872. The van der Waals surface area contributed by atoms with Crippen LogP contribution in [0.25, 0.3) is 0 Å². The van der Waals surface area contributed by atoms with Crippen LogP contribution in [0.15, 0.2) is 12.1 Å². The average Bonchev–Trinajstić information content (AvgIpc) is 2.35. The van der Waals surface area contributed by atoms with Gasteiger partial charge in [-0.1, -0.05) is 0 Å². The van der Waals surface area contributed by atoms with E-state index in [2.05, 4.69) is 4.74 Å². The summed E-state index contributed by atoms with van der Waals surface area (Å²) in [6.07, 6.45) is 0. The van der Waals surface area contributed by atoms with E-state index in [1.54, 1.807) is 6.07 Å². The van der Waals surface area contributed by atoms with E-state index in [1.165, 1.54) is 6.07 Å². The lowest BCUT2D eigenvalue weighted by atomic mass is 10.0. The van der Waals surface area contributed by atoms with E-state index in [0.717, 1.165) is 13.2 Å². The first-order chi connectivity index (χ1) is 8.04. The smallest absolute Gasteiger partial charge is 0.344 e. The van der Waals surface area contributed by atoms with Gasteiger partial charge in [-0.25, -0.2) is 4.79 Å². The van der Waals surface area contributed by atoms with Crippen LogP contribution in [0.5, 0.6) is 0 Å². The molecular formula is C10H9N3O4. The van der Waals surface area contributed by atoms with Gasteiger partial charge in [0.2, 0.25) is 0 Å². The zero-order valence-corrected chi connectivity index (χ0v) is 8.97. The van der Waals surface area contributed by atoms with Crippen LogP contribution in [0, 0.1) is 21.4 Å². The molecule has 17 heavy (non-hydrogen) atoms. The van der Waals surface area contributed by atoms with Crippen LogP contribution in [0.2, 0.25) is 0 Å². The van der Waals surface area contributed by atoms with Gasteiger partial charge in [-0.3, -0.25) is 10.1 Å². The lowest BCUT2D eigenvalue weighted by Crippen LogP contribution is -2.11. The van der Waals surface area contributed by atoms with E-state index in [9.17, 15) is 14.9 Å². The van der Waals surface area contributed by atoms with Crippen LogP contribution in [-0.4, -0.2) is 18.0 Å². The summed E-state index contributed by atoms with van der Waals surface area (Å²) in [4.78, 5) is 21.6. The molecule has 0 aliphatic carbocycles. The van der Waals surface area contributed by atoms with Gasteiger partial charge in [0.05, 0.1) is 23.7 Å². The molecule has 0 fully saturated rings. The molecule has 0 heterocycles. The molecule has 0 aromatic heterocycles. The molecule has 88 valence electrons. The number of nitriles is 1. The molecule has 0 radical (unpaired) electrons. The number of methoxy groups -OCH3 is 1. The van der Waals surface area contributed by atoms with E-state index in [1.807, 2.05) is 0 Å². The highest BCUT2D eigenvalue weighted by Gasteiger charge is 2.25. The van der Waals surface area contributed by atoms with E-state index >= 15 is 0 Å². The maximum absolute atomic E-state index is 11.4. The van der Waals surface area contributed by atoms with Crippen LogP contribution in [-0.2, 0) is 11.3 Å². The largest absolute Gasteiger partial charge is 0.465 e. The Labute approximate surface area is 96.6 Å². The second-order valence-corrected chi connectivity index (χ2v) is 3.10. The second kappa shape index (κ2) is 5.05. The Kier molecular flexibility index (Phi) is 3.74. The molecule has 1 aromatic rings. The number of hydrogen-bond acceptors (Lipinski definition) is 6. The highest BCUT2D eigenvalue weighted by Crippen LogP contribution is 2.26.